The summed E-state index contributed by atoms with van der Waals surface area (Å²) in [5.41, 5.74) is 0. The van der Waals surface area contributed by atoms with Crippen molar-refractivity contribution in [2.24, 2.45) is 5.92 Å². The van der Waals surface area contributed by atoms with E-state index in [0.29, 0.717) is 25.3 Å². The summed E-state index contributed by atoms with van der Waals surface area (Å²) >= 11 is 0. The van der Waals surface area contributed by atoms with Crippen LogP contribution in [0.15, 0.2) is 0 Å². The second-order valence-electron chi connectivity index (χ2n) is 4.96. The molecule has 1 unspecified atom stereocenters. The quantitative estimate of drug-likeness (QED) is 0.685. The maximum absolute atomic E-state index is 12.0. The van der Waals surface area contributed by atoms with Gasteiger partial charge in [-0.2, -0.15) is 0 Å². The van der Waals surface area contributed by atoms with Gasteiger partial charge in [0, 0.05) is 26.6 Å². The highest BCUT2D eigenvalue weighted by molar-refractivity contribution is 5.77. The molecule has 0 saturated carbocycles. The first kappa shape index (κ1) is 16.9. The van der Waals surface area contributed by atoms with Crippen molar-refractivity contribution >= 4 is 11.9 Å². The van der Waals surface area contributed by atoms with Crippen molar-refractivity contribution in [1.82, 2.24) is 4.90 Å². The number of rotatable bonds is 9. The van der Waals surface area contributed by atoms with Gasteiger partial charge >= 0.3 is 5.97 Å². The van der Waals surface area contributed by atoms with Gasteiger partial charge in [-0.1, -0.05) is 13.8 Å². The summed E-state index contributed by atoms with van der Waals surface area (Å²) in [7, 11) is 1.62. The highest BCUT2D eigenvalue weighted by Gasteiger charge is 2.16. The predicted molar refractivity (Wildman–Crippen MR) is 69.4 cm³/mol. The van der Waals surface area contributed by atoms with Crippen molar-refractivity contribution in [1.29, 1.82) is 0 Å². The molecule has 0 heterocycles. The van der Waals surface area contributed by atoms with Crippen LogP contribution in [-0.2, 0) is 14.3 Å². The zero-order chi connectivity index (χ0) is 14.1. The molecule has 0 aliphatic carbocycles. The van der Waals surface area contributed by atoms with E-state index in [1.165, 1.54) is 0 Å². The second kappa shape index (κ2) is 8.91. The Balaban J connectivity index is 4.25. The van der Waals surface area contributed by atoms with E-state index in [2.05, 4.69) is 0 Å². The topological polar surface area (TPSA) is 66.8 Å². The average Bonchev–Trinajstić information content (AvgIpc) is 2.30. The number of amides is 1. The zero-order valence-corrected chi connectivity index (χ0v) is 11.8. The fourth-order valence-electron chi connectivity index (χ4n) is 1.59. The molecule has 1 amide bonds. The Kier molecular flexibility index (Phi) is 8.37. The van der Waals surface area contributed by atoms with Crippen LogP contribution >= 0.6 is 0 Å². The molecule has 0 aromatic rings. The average molecular weight is 259 g/mol. The monoisotopic (exact) mass is 259 g/mol. The van der Waals surface area contributed by atoms with Crippen LogP contribution in [0, 0.1) is 5.92 Å². The van der Waals surface area contributed by atoms with E-state index in [0.717, 1.165) is 0 Å². The fourth-order valence-corrected chi connectivity index (χ4v) is 1.59. The van der Waals surface area contributed by atoms with Crippen LogP contribution < -0.4 is 0 Å². The SMILES string of the molecule is COC(C)CCC(=O)N(CCC(=O)O)CC(C)C. The first-order chi connectivity index (χ1) is 8.36. The molecule has 0 fully saturated rings. The molecular weight excluding hydrogens is 234 g/mol. The van der Waals surface area contributed by atoms with E-state index in [1.807, 2.05) is 20.8 Å². The Morgan fingerprint density at radius 2 is 1.83 bits per heavy atom. The van der Waals surface area contributed by atoms with Crippen molar-refractivity contribution < 1.29 is 19.4 Å². The molecular formula is C13H25NO4. The lowest BCUT2D eigenvalue weighted by Gasteiger charge is -2.24. The second-order valence-corrected chi connectivity index (χ2v) is 4.96. The standard InChI is InChI=1S/C13H25NO4/c1-10(2)9-14(8-7-13(16)17)12(15)6-5-11(3)18-4/h10-11H,5-9H2,1-4H3,(H,16,17). The van der Waals surface area contributed by atoms with Gasteiger partial charge in [-0.25, -0.2) is 0 Å². The minimum Gasteiger partial charge on any atom is -0.481 e. The van der Waals surface area contributed by atoms with E-state index in [9.17, 15) is 9.59 Å². The maximum atomic E-state index is 12.0. The van der Waals surface area contributed by atoms with Gasteiger partial charge in [0.05, 0.1) is 12.5 Å². The Morgan fingerprint density at radius 1 is 1.22 bits per heavy atom. The number of carboxylic acids is 1. The van der Waals surface area contributed by atoms with Crippen LogP contribution in [0.3, 0.4) is 0 Å². The van der Waals surface area contributed by atoms with Gasteiger partial charge in [0.15, 0.2) is 0 Å². The van der Waals surface area contributed by atoms with Crippen LogP contribution in [-0.4, -0.2) is 48.2 Å². The molecule has 18 heavy (non-hydrogen) atoms. The van der Waals surface area contributed by atoms with E-state index < -0.39 is 5.97 Å². The van der Waals surface area contributed by atoms with Crippen molar-refractivity contribution in [3.05, 3.63) is 0 Å². The summed E-state index contributed by atoms with van der Waals surface area (Å²) in [4.78, 5) is 24.2. The van der Waals surface area contributed by atoms with Gasteiger partial charge in [0.1, 0.15) is 0 Å². The largest absolute Gasteiger partial charge is 0.481 e. The predicted octanol–water partition coefficient (Wildman–Crippen LogP) is 1.76. The highest BCUT2D eigenvalue weighted by atomic mass is 16.5. The van der Waals surface area contributed by atoms with Crippen molar-refractivity contribution in [2.75, 3.05) is 20.2 Å². The summed E-state index contributed by atoms with van der Waals surface area (Å²) in [6.07, 6.45) is 1.12. The van der Waals surface area contributed by atoms with Crippen molar-refractivity contribution in [2.45, 2.75) is 46.1 Å². The van der Waals surface area contributed by atoms with Crippen LogP contribution in [0.5, 0.6) is 0 Å². The summed E-state index contributed by atoms with van der Waals surface area (Å²) in [6.45, 7) is 6.83. The number of carbonyl (C=O) groups is 2. The number of carboxylic acid groups (broad SMARTS) is 1. The molecule has 0 radical (unpaired) electrons. The molecule has 106 valence electrons. The van der Waals surface area contributed by atoms with Gasteiger partial charge in [-0.15, -0.1) is 0 Å². The smallest absolute Gasteiger partial charge is 0.305 e. The van der Waals surface area contributed by atoms with Gasteiger partial charge in [0.25, 0.3) is 0 Å². The van der Waals surface area contributed by atoms with Gasteiger partial charge in [-0.05, 0) is 19.3 Å². The molecule has 1 N–H and O–H groups in total. The molecule has 0 bridgehead atoms. The molecule has 0 rings (SSSR count). The number of ether oxygens (including phenoxy) is 1. The summed E-state index contributed by atoms with van der Waals surface area (Å²) in [5.74, 6) is -0.529. The number of hydrogen-bond acceptors (Lipinski definition) is 3. The van der Waals surface area contributed by atoms with Gasteiger partial charge in [0.2, 0.25) is 5.91 Å². The number of aliphatic carboxylic acids is 1. The normalized spacial score (nSPS) is 12.5. The van der Waals surface area contributed by atoms with Crippen LogP contribution in [0.4, 0.5) is 0 Å². The minimum absolute atomic E-state index is 0.00170. The summed E-state index contributed by atoms with van der Waals surface area (Å²) in [6, 6.07) is 0. The Hall–Kier alpha value is -1.10. The van der Waals surface area contributed by atoms with E-state index in [-0.39, 0.29) is 25.0 Å². The lowest BCUT2D eigenvalue weighted by Crippen LogP contribution is -2.36. The van der Waals surface area contributed by atoms with E-state index in [1.54, 1.807) is 12.0 Å². The molecule has 5 nitrogen and oxygen atoms in total. The molecule has 5 heteroatoms. The Morgan fingerprint density at radius 3 is 2.28 bits per heavy atom. The van der Waals surface area contributed by atoms with E-state index in [4.69, 9.17) is 9.84 Å². The van der Waals surface area contributed by atoms with Crippen LogP contribution in [0.2, 0.25) is 0 Å². The molecule has 1 atom stereocenters. The minimum atomic E-state index is -0.873. The third-order valence-electron chi connectivity index (χ3n) is 2.70. The van der Waals surface area contributed by atoms with Crippen LogP contribution in [0.1, 0.15) is 40.0 Å². The number of methoxy groups -OCH3 is 1. The van der Waals surface area contributed by atoms with E-state index >= 15 is 0 Å². The van der Waals surface area contributed by atoms with Crippen molar-refractivity contribution in [3.63, 3.8) is 0 Å². The molecule has 0 saturated heterocycles. The lowest BCUT2D eigenvalue weighted by atomic mass is 10.1. The first-order valence-corrected chi connectivity index (χ1v) is 6.39. The lowest BCUT2D eigenvalue weighted by molar-refractivity contribution is -0.138. The first-order valence-electron chi connectivity index (χ1n) is 6.39. The molecule has 0 aliphatic rings. The molecule has 0 spiro atoms. The van der Waals surface area contributed by atoms with Gasteiger partial charge < -0.3 is 14.7 Å². The number of carbonyl (C=O) groups excluding carboxylic acids is 1. The Bertz CT molecular complexity index is 266. The molecule has 0 aromatic heterocycles. The van der Waals surface area contributed by atoms with Crippen LogP contribution in [0.25, 0.3) is 0 Å². The summed E-state index contributed by atoms with van der Waals surface area (Å²) < 4.78 is 5.09. The molecule has 0 aliphatic heterocycles. The highest BCUT2D eigenvalue weighted by Crippen LogP contribution is 2.07. The zero-order valence-electron chi connectivity index (χ0n) is 11.8. The Labute approximate surface area is 109 Å². The molecule has 0 aromatic carbocycles. The third-order valence-corrected chi connectivity index (χ3v) is 2.70. The maximum Gasteiger partial charge on any atom is 0.305 e. The van der Waals surface area contributed by atoms with Crippen molar-refractivity contribution in [3.8, 4) is 0 Å². The van der Waals surface area contributed by atoms with Gasteiger partial charge in [-0.3, -0.25) is 9.59 Å². The number of hydrogen-bond donors (Lipinski definition) is 1. The number of nitrogens with zero attached hydrogens (tertiary/aromatic N) is 1. The fraction of sp³-hybridized carbons (Fsp3) is 0.846. The third kappa shape index (κ3) is 8.06. The summed E-state index contributed by atoms with van der Waals surface area (Å²) in [5, 5.41) is 8.68.